The number of hydrogen-bond donors (Lipinski definition) is 2. The Kier molecular flexibility index (Phi) is 8.28. The van der Waals surface area contributed by atoms with Crippen LogP contribution in [0.25, 0.3) is 0 Å². The number of anilines is 3. The summed E-state index contributed by atoms with van der Waals surface area (Å²) >= 11 is 3.54. The highest BCUT2D eigenvalue weighted by Gasteiger charge is 2.34. The van der Waals surface area contributed by atoms with Gasteiger partial charge in [-0.05, 0) is 76.1 Å². The van der Waals surface area contributed by atoms with Crippen LogP contribution in [0.15, 0.2) is 16.9 Å². The normalized spacial score (nSPS) is 19.6. The predicted molar refractivity (Wildman–Crippen MR) is 140 cm³/mol. The van der Waals surface area contributed by atoms with E-state index in [2.05, 4.69) is 59.4 Å². The molecule has 0 aliphatic carbocycles. The lowest BCUT2D eigenvalue weighted by molar-refractivity contribution is -0.139. The molecule has 2 aromatic heterocycles. The summed E-state index contributed by atoms with van der Waals surface area (Å²) in [5.74, 6) is 1.39. The van der Waals surface area contributed by atoms with Crippen LogP contribution in [0, 0.1) is 12.3 Å². The van der Waals surface area contributed by atoms with Gasteiger partial charge in [-0.2, -0.15) is 10.1 Å². The molecular formula is C24H37BrN8O2. The molecule has 11 heteroatoms. The largest absolute Gasteiger partial charge is 0.379 e. The zero-order valence-corrected chi connectivity index (χ0v) is 22.8. The number of halogens is 1. The average Bonchev–Trinajstić information content (AvgIpc) is 3.13. The minimum Gasteiger partial charge on any atom is -0.379 e. The van der Waals surface area contributed by atoms with Crippen molar-refractivity contribution >= 4 is 39.3 Å². The lowest BCUT2D eigenvalue weighted by Crippen LogP contribution is -2.42. The summed E-state index contributed by atoms with van der Waals surface area (Å²) in [5.41, 5.74) is 1.38. The number of piperidine rings is 1. The number of hydrogen-bond acceptors (Lipinski definition) is 8. The van der Waals surface area contributed by atoms with E-state index < -0.39 is 5.41 Å². The lowest BCUT2D eigenvalue weighted by atomic mass is 9.93. The van der Waals surface area contributed by atoms with E-state index in [4.69, 9.17) is 9.84 Å². The molecule has 2 N–H and O–H groups in total. The Morgan fingerprint density at radius 2 is 2.03 bits per heavy atom. The van der Waals surface area contributed by atoms with E-state index >= 15 is 0 Å². The van der Waals surface area contributed by atoms with Gasteiger partial charge >= 0.3 is 0 Å². The Bertz CT molecular complexity index is 1020. The number of nitrogens with zero attached hydrogens (tertiary/aromatic N) is 6. The smallest absolute Gasteiger partial charge is 0.230 e. The first kappa shape index (κ1) is 25.8. The van der Waals surface area contributed by atoms with Crippen LogP contribution in [-0.4, -0.2) is 88.4 Å². The molecule has 192 valence electrons. The van der Waals surface area contributed by atoms with Crippen molar-refractivity contribution in [2.75, 3.05) is 63.6 Å². The summed E-state index contributed by atoms with van der Waals surface area (Å²) in [7, 11) is 2.16. The quantitative estimate of drug-likeness (QED) is 0.484. The third kappa shape index (κ3) is 6.50. The summed E-state index contributed by atoms with van der Waals surface area (Å²) in [4.78, 5) is 26.1. The molecule has 4 heterocycles. The maximum atomic E-state index is 12.7. The highest BCUT2D eigenvalue weighted by atomic mass is 79.9. The van der Waals surface area contributed by atoms with Crippen LogP contribution < -0.4 is 10.6 Å². The number of rotatable bonds is 8. The van der Waals surface area contributed by atoms with Gasteiger partial charge in [-0.1, -0.05) is 0 Å². The molecule has 0 aromatic carbocycles. The second-order valence-corrected chi connectivity index (χ2v) is 11.0. The van der Waals surface area contributed by atoms with Gasteiger partial charge in [-0.15, -0.1) is 0 Å². The van der Waals surface area contributed by atoms with Gasteiger partial charge in [-0.25, -0.2) is 4.98 Å². The third-order valence-corrected chi connectivity index (χ3v) is 7.28. The van der Waals surface area contributed by atoms with E-state index in [1.807, 2.05) is 25.7 Å². The van der Waals surface area contributed by atoms with Crippen molar-refractivity contribution in [3.8, 4) is 0 Å². The maximum Gasteiger partial charge on any atom is 0.230 e. The van der Waals surface area contributed by atoms with Crippen LogP contribution in [0.1, 0.15) is 44.8 Å². The Labute approximate surface area is 215 Å². The molecule has 2 fully saturated rings. The molecule has 2 saturated heterocycles. The summed E-state index contributed by atoms with van der Waals surface area (Å²) in [6, 6.07) is 0.428. The molecule has 1 amide bonds. The fourth-order valence-electron chi connectivity index (χ4n) is 4.51. The second-order valence-electron chi connectivity index (χ2n) is 10.2. The minimum atomic E-state index is -0.473. The van der Waals surface area contributed by atoms with Crippen LogP contribution in [0.4, 0.5) is 17.5 Å². The van der Waals surface area contributed by atoms with Crippen molar-refractivity contribution in [3.05, 3.63) is 22.6 Å². The van der Waals surface area contributed by atoms with E-state index in [0.717, 1.165) is 48.2 Å². The zero-order chi connectivity index (χ0) is 25.0. The van der Waals surface area contributed by atoms with Gasteiger partial charge in [-0.3, -0.25) is 9.48 Å². The second kappa shape index (κ2) is 11.2. The van der Waals surface area contributed by atoms with Crippen molar-refractivity contribution < 1.29 is 9.53 Å². The van der Waals surface area contributed by atoms with Crippen LogP contribution in [0.2, 0.25) is 0 Å². The number of likely N-dealkylation sites (tertiary alicyclic amines) is 1. The standard InChI is InChI=1S/C24H37BrN8O2/c1-17-20(15-33(30-17)18-6-10-31(4)11-7-18)28-23-27-14-19(25)21(29-23)26-8-5-9-32-12-13-35-16-24(2,3)22(32)34/h14-15,18H,5-13,16H2,1-4H3,(H2,26,27,28,29). The molecule has 0 atom stereocenters. The molecule has 2 aromatic rings. The first-order valence-corrected chi connectivity index (χ1v) is 13.2. The van der Waals surface area contributed by atoms with Crippen molar-refractivity contribution in [3.63, 3.8) is 0 Å². The van der Waals surface area contributed by atoms with Gasteiger partial charge in [0, 0.05) is 32.0 Å². The number of nitrogens with one attached hydrogen (secondary N) is 2. The van der Waals surface area contributed by atoms with Gasteiger partial charge in [0.2, 0.25) is 11.9 Å². The molecule has 0 bridgehead atoms. The number of ether oxygens (including phenoxy) is 1. The molecule has 10 nitrogen and oxygen atoms in total. The van der Waals surface area contributed by atoms with E-state index in [9.17, 15) is 4.79 Å². The Balaban J connectivity index is 1.32. The summed E-state index contributed by atoms with van der Waals surface area (Å²) < 4.78 is 8.47. The summed E-state index contributed by atoms with van der Waals surface area (Å²) in [6.45, 7) is 11.1. The number of aryl methyl sites for hydroxylation is 1. The number of carbonyl (C=O) groups excluding carboxylic acids is 1. The topological polar surface area (TPSA) is 100 Å². The van der Waals surface area contributed by atoms with E-state index in [1.54, 1.807) is 6.20 Å². The van der Waals surface area contributed by atoms with Gasteiger partial charge in [0.15, 0.2) is 0 Å². The molecule has 0 unspecified atom stereocenters. The Hall–Kier alpha value is -2.24. The van der Waals surface area contributed by atoms with Gasteiger partial charge in [0.25, 0.3) is 0 Å². The molecule has 2 aliphatic heterocycles. The van der Waals surface area contributed by atoms with E-state index in [-0.39, 0.29) is 5.91 Å². The van der Waals surface area contributed by atoms with Crippen LogP contribution in [-0.2, 0) is 9.53 Å². The highest BCUT2D eigenvalue weighted by Crippen LogP contribution is 2.27. The fourth-order valence-corrected chi connectivity index (χ4v) is 4.84. The third-order valence-electron chi connectivity index (χ3n) is 6.70. The van der Waals surface area contributed by atoms with Crippen LogP contribution >= 0.6 is 15.9 Å². The molecule has 0 radical (unpaired) electrons. The van der Waals surface area contributed by atoms with Crippen molar-refractivity contribution in [2.24, 2.45) is 5.41 Å². The van der Waals surface area contributed by atoms with Crippen molar-refractivity contribution in [1.29, 1.82) is 0 Å². The lowest BCUT2D eigenvalue weighted by Gasteiger charge is -2.28. The fraction of sp³-hybridized carbons (Fsp3) is 0.667. The SMILES string of the molecule is Cc1nn(C2CCN(C)CC2)cc1Nc1ncc(Br)c(NCCCN2CCOCC(C)(C)C2=O)n1. The first-order valence-electron chi connectivity index (χ1n) is 12.4. The molecule has 0 saturated carbocycles. The van der Waals surface area contributed by atoms with Crippen molar-refractivity contribution in [1.82, 2.24) is 29.5 Å². The summed E-state index contributed by atoms with van der Waals surface area (Å²) in [6.07, 6.45) is 6.82. The minimum absolute atomic E-state index is 0.154. The average molecular weight is 550 g/mol. The predicted octanol–water partition coefficient (Wildman–Crippen LogP) is 3.44. The van der Waals surface area contributed by atoms with Gasteiger partial charge in [0.05, 0.1) is 40.5 Å². The van der Waals surface area contributed by atoms with Crippen LogP contribution in [0.5, 0.6) is 0 Å². The molecule has 2 aliphatic rings. The summed E-state index contributed by atoms with van der Waals surface area (Å²) in [5, 5.41) is 11.4. The van der Waals surface area contributed by atoms with Crippen LogP contribution in [0.3, 0.4) is 0 Å². The number of amides is 1. The van der Waals surface area contributed by atoms with Crippen molar-refractivity contribution in [2.45, 2.75) is 46.1 Å². The maximum absolute atomic E-state index is 12.7. The van der Waals surface area contributed by atoms with E-state index in [0.29, 0.717) is 50.7 Å². The first-order chi connectivity index (χ1) is 16.7. The van der Waals surface area contributed by atoms with Gasteiger partial charge < -0.3 is 25.2 Å². The number of aromatic nitrogens is 4. The Morgan fingerprint density at radius 3 is 2.80 bits per heavy atom. The van der Waals surface area contributed by atoms with E-state index in [1.165, 1.54) is 0 Å². The molecule has 4 rings (SSSR count). The monoisotopic (exact) mass is 548 g/mol. The highest BCUT2D eigenvalue weighted by molar-refractivity contribution is 9.10. The molecule has 0 spiro atoms. The Morgan fingerprint density at radius 1 is 1.26 bits per heavy atom. The number of carbonyl (C=O) groups is 1. The van der Waals surface area contributed by atoms with Gasteiger partial charge in [0.1, 0.15) is 5.82 Å². The zero-order valence-electron chi connectivity index (χ0n) is 21.2. The molecular weight excluding hydrogens is 512 g/mol. The molecule has 35 heavy (non-hydrogen) atoms.